The first-order valence-electron chi connectivity index (χ1n) is 8.99. The highest BCUT2D eigenvalue weighted by atomic mass is 19.4. The fourth-order valence-corrected chi connectivity index (χ4v) is 3.02. The lowest BCUT2D eigenvalue weighted by Gasteiger charge is -2.19. The van der Waals surface area contributed by atoms with Gasteiger partial charge in [-0.15, -0.1) is 13.2 Å². The summed E-state index contributed by atoms with van der Waals surface area (Å²) in [6.45, 7) is 2.54. The zero-order valence-electron chi connectivity index (χ0n) is 15.2. The van der Waals surface area contributed by atoms with Crippen molar-refractivity contribution in [3.05, 3.63) is 54.1 Å². The first-order valence-corrected chi connectivity index (χ1v) is 8.99. The fraction of sp³-hybridized carbons (Fsp3) is 0.400. The Hall–Kier alpha value is -2.45. The minimum absolute atomic E-state index is 0.00736. The van der Waals surface area contributed by atoms with Gasteiger partial charge in [-0.05, 0) is 36.2 Å². The highest BCUT2D eigenvalue weighted by Crippen LogP contribution is 2.33. The maximum atomic E-state index is 12.5. The SMILES string of the molecule is OCc1ccc(OCCN2CCC(Oc3ccccc3OC(F)(F)F)C2)cc1. The Morgan fingerprint density at radius 1 is 1.04 bits per heavy atom. The average molecular weight is 397 g/mol. The number of benzene rings is 2. The number of halogens is 3. The number of aliphatic hydroxyl groups is 1. The van der Waals surface area contributed by atoms with E-state index < -0.39 is 6.36 Å². The molecule has 2 aromatic rings. The maximum Gasteiger partial charge on any atom is 0.573 e. The second-order valence-electron chi connectivity index (χ2n) is 6.47. The first kappa shape index (κ1) is 20.3. The molecule has 1 atom stereocenters. The zero-order chi connectivity index (χ0) is 20.0. The van der Waals surface area contributed by atoms with Crippen molar-refractivity contribution in [1.82, 2.24) is 4.90 Å². The smallest absolute Gasteiger partial charge is 0.492 e. The minimum Gasteiger partial charge on any atom is -0.492 e. The molecule has 0 radical (unpaired) electrons. The van der Waals surface area contributed by atoms with E-state index in [1.807, 2.05) is 0 Å². The lowest BCUT2D eigenvalue weighted by atomic mass is 10.2. The molecule has 0 bridgehead atoms. The minimum atomic E-state index is -4.76. The molecule has 1 heterocycles. The molecule has 1 saturated heterocycles. The summed E-state index contributed by atoms with van der Waals surface area (Å²) in [5.41, 5.74) is 0.821. The van der Waals surface area contributed by atoms with E-state index in [4.69, 9.17) is 14.6 Å². The lowest BCUT2D eigenvalue weighted by molar-refractivity contribution is -0.275. The summed E-state index contributed by atoms with van der Waals surface area (Å²) in [6.07, 6.45) is -4.25. The molecule has 3 rings (SSSR count). The van der Waals surface area contributed by atoms with Crippen molar-refractivity contribution in [3.8, 4) is 17.2 Å². The molecule has 1 N–H and O–H groups in total. The average Bonchev–Trinajstić information content (AvgIpc) is 3.10. The van der Waals surface area contributed by atoms with Crippen LogP contribution in [0.1, 0.15) is 12.0 Å². The number of hydrogen-bond donors (Lipinski definition) is 1. The van der Waals surface area contributed by atoms with Gasteiger partial charge in [0.1, 0.15) is 18.5 Å². The Labute approximate surface area is 161 Å². The van der Waals surface area contributed by atoms with Gasteiger partial charge >= 0.3 is 6.36 Å². The van der Waals surface area contributed by atoms with Gasteiger partial charge in [0.2, 0.25) is 0 Å². The van der Waals surface area contributed by atoms with Gasteiger partial charge in [0.05, 0.1) is 6.61 Å². The van der Waals surface area contributed by atoms with E-state index in [0.29, 0.717) is 26.1 Å². The molecule has 5 nitrogen and oxygen atoms in total. The van der Waals surface area contributed by atoms with Crippen molar-refractivity contribution in [2.75, 3.05) is 26.2 Å². The van der Waals surface area contributed by atoms with Crippen LogP contribution in [0.15, 0.2) is 48.5 Å². The standard InChI is InChI=1S/C20H22F3NO4/c21-20(22,23)28-19-4-2-1-3-18(19)27-17-9-10-24(13-17)11-12-26-16-7-5-15(14-25)6-8-16/h1-8,17,25H,9-14H2. The molecule has 1 aliphatic heterocycles. The Bertz CT molecular complexity index is 752. The van der Waals surface area contributed by atoms with Crippen LogP contribution >= 0.6 is 0 Å². The second-order valence-corrected chi connectivity index (χ2v) is 6.47. The van der Waals surface area contributed by atoms with Crippen LogP contribution in [0.2, 0.25) is 0 Å². The van der Waals surface area contributed by atoms with Crippen LogP contribution in [0.25, 0.3) is 0 Å². The van der Waals surface area contributed by atoms with Crippen LogP contribution in [0, 0.1) is 0 Å². The molecule has 0 aromatic heterocycles. The number of ether oxygens (including phenoxy) is 3. The Morgan fingerprint density at radius 2 is 1.75 bits per heavy atom. The van der Waals surface area contributed by atoms with Crippen LogP contribution < -0.4 is 14.2 Å². The zero-order valence-corrected chi connectivity index (χ0v) is 15.2. The largest absolute Gasteiger partial charge is 0.573 e. The van der Waals surface area contributed by atoms with Crippen molar-refractivity contribution >= 4 is 0 Å². The summed E-state index contributed by atoms with van der Waals surface area (Å²) in [7, 11) is 0. The molecule has 8 heteroatoms. The third-order valence-electron chi connectivity index (χ3n) is 4.38. The highest BCUT2D eigenvalue weighted by molar-refractivity contribution is 5.39. The summed E-state index contributed by atoms with van der Waals surface area (Å²) in [4.78, 5) is 2.14. The number of nitrogens with zero attached hydrogens (tertiary/aromatic N) is 1. The summed E-state index contributed by atoms with van der Waals surface area (Å²) in [5, 5.41) is 9.03. The number of rotatable bonds is 8. The monoisotopic (exact) mass is 397 g/mol. The van der Waals surface area contributed by atoms with E-state index in [2.05, 4.69) is 9.64 Å². The maximum absolute atomic E-state index is 12.5. The molecule has 0 amide bonds. The molecular weight excluding hydrogens is 375 g/mol. The quantitative estimate of drug-likeness (QED) is 0.738. The van der Waals surface area contributed by atoms with Crippen molar-refractivity contribution in [1.29, 1.82) is 0 Å². The van der Waals surface area contributed by atoms with E-state index in [1.165, 1.54) is 18.2 Å². The summed E-state index contributed by atoms with van der Waals surface area (Å²) in [5.74, 6) is 0.484. The topological polar surface area (TPSA) is 51.2 Å². The molecule has 2 aromatic carbocycles. The molecule has 0 spiro atoms. The van der Waals surface area contributed by atoms with Gasteiger partial charge in [-0.25, -0.2) is 0 Å². The van der Waals surface area contributed by atoms with Crippen LogP contribution in [0.4, 0.5) is 13.2 Å². The van der Waals surface area contributed by atoms with Crippen molar-refractivity contribution < 1.29 is 32.5 Å². The number of likely N-dealkylation sites (tertiary alicyclic amines) is 1. The van der Waals surface area contributed by atoms with Gasteiger partial charge in [-0.3, -0.25) is 4.90 Å². The van der Waals surface area contributed by atoms with E-state index >= 15 is 0 Å². The molecule has 0 saturated carbocycles. The van der Waals surface area contributed by atoms with Crippen LogP contribution in [-0.4, -0.2) is 48.7 Å². The highest BCUT2D eigenvalue weighted by Gasteiger charge is 2.33. The number of aliphatic hydroxyl groups excluding tert-OH is 1. The third kappa shape index (κ3) is 6.03. The van der Waals surface area contributed by atoms with Gasteiger partial charge in [-0.1, -0.05) is 24.3 Å². The fourth-order valence-electron chi connectivity index (χ4n) is 3.02. The second kappa shape index (κ2) is 9.16. The molecule has 28 heavy (non-hydrogen) atoms. The summed E-state index contributed by atoms with van der Waals surface area (Å²) in [6, 6.07) is 13.0. The Balaban J connectivity index is 1.45. The van der Waals surface area contributed by atoms with Crippen molar-refractivity contribution in [3.63, 3.8) is 0 Å². The van der Waals surface area contributed by atoms with E-state index in [9.17, 15) is 13.2 Å². The number of para-hydroxylation sites is 2. The van der Waals surface area contributed by atoms with Gasteiger partial charge in [0.15, 0.2) is 11.5 Å². The van der Waals surface area contributed by atoms with Crippen molar-refractivity contribution in [2.24, 2.45) is 0 Å². The van der Waals surface area contributed by atoms with E-state index in [1.54, 1.807) is 30.3 Å². The molecule has 152 valence electrons. The van der Waals surface area contributed by atoms with Crippen LogP contribution in [0.3, 0.4) is 0 Å². The summed E-state index contributed by atoms with van der Waals surface area (Å²) >= 11 is 0. The molecule has 1 fully saturated rings. The Morgan fingerprint density at radius 3 is 2.43 bits per heavy atom. The number of alkyl halides is 3. The third-order valence-corrected chi connectivity index (χ3v) is 4.38. The van der Waals surface area contributed by atoms with E-state index in [0.717, 1.165) is 17.9 Å². The molecule has 1 unspecified atom stereocenters. The van der Waals surface area contributed by atoms with Gasteiger partial charge < -0.3 is 19.3 Å². The Kier molecular flexibility index (Phi) is 6.64. The molecule has 0 aliphatic carbocycles. The van der Waals surface area contributed by atoms with Gasteiger partial charge in [0, 0.05) is 19.6 Å². The van der Waals surface area contributed by atoms with Crippen LogP contribution in [-0.2, 0) is 6.61 Å². The normalized spacial score (nSPS) is 17.5. The van der Waals surface area contributed by atoms with Gasteiger partial charge in [-0.2, -0.15) is 0 Å². The van der Waals surface area contributed by atoms with Gasteiger partial charge in [0.25, 0.3) is 0 Å². The number of hydrogen-bond acceptors (Lipinski definition) is 5. The molecule has 1 aliphatic rings. The molecular formula is C20H22F3NO4. The van der Waals surface area contributed by atoms with E-state index in [-0.39, 0.29) is 24.2 Å². The lowest BCUT2D eigenvalue weighted by Crippen LogP contribution is -2.29. The predicted molar refractivity (Wildman–Crippen MR) is 96.5 cm³/mol. The van der Waals surface area contributed by atoms with Crippen molar-refractivity contribution in [2.45, 2.75) is 25.5 Å². The summed E-state index contributed by atoms with van der Waals surface area (Å²) < 4.78 is 53.0. The van der Waals surface area contributed by atoms with Crippen LogP contribution in [0.5, 0.6) is 17.2 Å². The predicted octanol–water partition coefficient (Wildman–Crippen LogP) is 3.61. The first-order chi connectivity index (χ1) is 13.4.